The second-order valence-electron chi connectivity index (χ2n) is 10.2. The number of allylic oxidation sites excluding steroid dienone is 2. The first kappa shape index (κ1) is 26.3. The highest BCUT2D eigenvalue weighted by Gasteiger charge is 2.44. The molecule has 2 rings (SSSR count). The molecule has 0 radical (unpaired) electrons. The topological polar surface area (TPSA) is 119 Å². The zero-order chi connectivity index (χ0) is 25.1. The summed E-state index contributed by atoms with van der Waals surface area (Å²) in [4.78, 5) is 39.6. The van der Waals surface area contributed by atoms with Crippen molar-refractivity contribution in [3.8, 4) is 0 Å². The van der Waals surface area contributed by atoms with Crippen LogP contribution < -0.4 is 16.8 Å². The van der Waals surface area contributed by atoms with Crippen LogP contribution in [-0.4, -0.2) is 49.8 Å². The van der Waals surface area contributed by atoms with E-state index in [1.165, 1.54) is 6.07 Å². The van der Waals surface area contributed by atoms with Crippen LogP contribution in [0.25, 0.3) is 5.57 Å². The molecule has 0 bridgehead atoms. The fraction of sp³-hybridized carbons (Fsp3) is 0.480. The standard InChI is InChI=1S/C25H35FN4O3/c1-15-18(11-17(21(27)31)12-20(15)26)19-8-7-16(22(32)29-14-24(2,3)4)13-25(19,23(28)33)9-10-30(5)6/h7-8,11-12H,9-10,13-14H2,1-6H3,(H2,27,31)(H2,28,33)(H,29,32). The van der Waals surface area contributed by atoms with Gasteiger partial charge in [0, 0.05) is 17.7 Å². The van der Waals surface area contributed by atoms with E-state index < -0.39 is 23.0 Å². The number of hydrogen-bond donors (Lipinski definition) is 3. The Morgan fingerprint density at radius 3 is 2.30 bits per heavy atom. The van der Waals surface area contributed by atoms with Gasteiger partial charge in [0.05, 0.1) is 5.41 Å². The van der Waals surface area contributed by atoms with Gasteiger partial charge >= 0.3 is 0 Å². The van der Waals surface area contributed by atoms with Crippen LogP contribution in [-0.2, 0) is 9.59 Å². The molecule has 1 aromatic rings. The van der Waals surface area contributed by atoms with E-state index in [-0.39, 0.29) is 28.9 Å². The summed E-state index contributed by atoms with van der Waals surface area (Å²) in [6.07, 6.45) is 3.66. The van der Waals surface area contributed by atoms with Crippen molar-refractivity contribution in [2.45, 2.75) is 40.5 Å². The smallest absolute Gasteiger partial charge is 0.248 e. The van der Waals surface area contributed by atoms with Crippen molar-refractivity contribution in [3.63, 3.8) is 0 Å². The monoisotopic (exact) mass is 458 g/mol. The van der Waals surface area contributed by atoms with Crippen molar-refractivity contribution in [1.29, 1.82) is 0 Å². The summed E-state index contributed by atoms with van der Waals surface area (Å²) in [5.41, 5.74) is 11.5. The van der Waals surface area contributed by atoms with Crippen LogP contribution in [0.15, 0.2) is 29.9 Å². The molecule has 0 aliphatic heterocycles. The number of carbonyl (C=O) groups excluding carboxylic acids is 3. The number of halogens is 1. The highest BCUT2D eigenvalue weighted by Crippen LogP contribution is 2.47. The summed E-state index contributed by atoms with van der Waals surface area (Å²) in [7, 11) is 3.73. The minimum absolute atomic E-state index is 0.00215. The Morgan fingerprint density at radius 2 is 1.79 bits per heavy atom. The second kappa shape index (κ2) is 9.87. The summed E-state index contributed by atoms with van der Waals surface area (Å²) < 4.78 is 14.7. The first-order valence-corrected chi connectivity index (χ1v) is 10.9. The molecular weight excluding hydrogens is 423 g/mol. The minimum Gasteiger partial charge on any atom is -0.369 e. The molecule has 33 heavy (non-hydrogen) atoms. The predicted octanol–water partition coefficient (Wildman–Crippen LogP) is 2.53. The van der Waals surface area contributed by atoms with Crippen molar-refractivity contribution >= 4 is 23.3 Å². The highest BCUT2D eigenvalue weighted by molar-refractivity contribution is 6.03. The van der Waals surface area contributed by atoms with Crippen molar-refractivity contribution in [3.05, 3.63) is 52.4 Å². The number of hydrogen-bond acceptors (Lipinski definition) is 4. The van der Waals surface area contributed by atoms with Gasteiger partial charge in [-0.15, -0.1) is 0 Å². The molecule has 7 nitrogen and oxygen atoms in total. The third-order valence-electron chi connectivity index (χ3n) is 5.91. The zero-order valence-electron chi connectivity index (χ0n) is 20.3. The molecule has 0 saturated heterocycles. The molecule has 5 N–H and O–H groups in total. The Bertz CT molecular complexity index is 1020. The van der Waals surface area contributed by atoms with Crippen LogP contribution in [0, 0.1) is 23.6 Å². The molecule has 1 aliphatic rings. The normalized spacial score (nSPS) is 18.5. The first-order chi connectivity index (χ1) is 15.2. The average molecular weight is 459 g/mol. The number of rotatable bonds is 8. The van der Waals surface area contributed by atoms with Crippen molar-refractivity contribution in [1.82, 2.24) is 10.2 Å². The van der Waals surface area contributed by atoms with E-state index >= 15 is 0 Å². The van der Waals surface area contributed by atoms with Crippen molar-refractivity contribution in [2.75, 3.05) is 27.2 Å². The lowest BCUT2D eigenvalue weighted by Gasteiger charge is -2.38. The van der Waals surface area contributed by atoms with Crippen LogP contribution in [0.2, 0.25) is 0 Å². The van der Waals surface area contributed by atoms with Crippen LogP contribution in [0.4, 0.5) is 4.39 Å². The Balaban J connectivity index is 2.67. The maximum absolute atomic E-state index is 14.7. The Labute approximate surface area is 195 Å². The second-order valence-corrected chi connectivity index (χ2v) is 10.2. The lowest BCUT2D eigenvalue weighted by atomic mass is 9.66. The number of amides is 3. The molecule has 3 amide bonds. The quantitative estimate of drug-likeness (QED) is 0.555. The Morgan fingerprint density at radius 1 is 1.15 bits per heavy atom. The number of nitrogens with one attached hydrogen (secondary N) is 1. The van der Waals surface area contributed by atoms with Gasteiger partial charge in [0.15, 0.2) is 0 Å². The summed E-state index contributed by atoms with van der Waals surface area (Å²) in [5, 5.41) is 2.91. The van der Waals surface area contributed by atoms with E-state index in [4.69, 9.17) is 11.5 Å². The highest BCUT2D eigenvalue weighted by atomic mass is 19.1. The summed E-state index contributed by atoms with van der Waals surface area (Å²) >= 11 is 0. The summed E-state index contributed by atoms with van der Waals surface area (Å²) in [6.45, 7) is 8.57. The lowest BCUT2D eigenvalue weighted by Crippen LogP contribution is -2.44. The molecule has 0 heterocycles. The van der Waals surface area contributed by atoms with E-state index in [2.05, 4.69) is 5.32 Å². The maximum Gasteiger partial charge on any atom is 0.248 e. The van der Waals surface area contributed by atoms with Crippen molar-refractivity contribution in [2.24, 2.45) is 22.3 Å². The summed E-state index contributed by atoms with van der Waals surface area (Å²) in [6, 6.07) is 2.57. The Hall–Kier alpha value is -3.00. The molecule has 8 heteroatoms. The van der Waals surface area contributed by atoms with Gasteiger partial charge in [-0.2, -0.15) is 0 Å². The molecule has 0 spiro atoms. The van der Waals surface area contributed by atoms with Crippen LogP contribution in [0.5, 0.6) is 0 Å². The van der Waals surface area contributed by atoms with E-state index in [1.807, 2.05) is 39.8 Å². The van der Waals surface area contributed by atoms with Crippen LogP contribution in [0.3, 0.4) is 0 Å². The summed E-state index contributed by atoms with van der Waals surface area (Å²) in [5.74, 6) is -2.27. The van der Waals surface area contributed by atoms with E-state index in [0.29, 0.717) is 36.2 Å². The van der Waals surface area contributed by atoms with Gasteiger partial charge in [-0.1, -0.05) is 32.9 Å². The molecule has 1 unspecified atom stereocenters. The van der Waals surface area contributed by atoms with Gasteiger partial charge in [0.25, 0.3) is 0 Å². The fourth-order valence-electron chi connectivity index (χ4n) is 3.87. The van der Waals surface area contributed by atoms with Gasteiger partial charge in [-0.3, -0.25) is 14.4 Å². The average Bonchev–Trinajstić information content (AvgIpc) is 2.71. The van der Waals surface area contributed by atoms with E-state index in [1.54, 1.807) is 19.1 Å². The van der Waals surface area contributed by atoms with Gasteiger partial charge < -0.3 is 21.7 Å². The third-order valence-corrected chi connectivity index (χ3v) is 5.91. The molecule has 1 aliphatic carbocycles. The van der Waals surface area contributed by atoms with Gasteiger partial charge in [0.2, 0.25) is 17.7 Å². The molecular formula is C25H35FN4O3. The largest absolute Gasteiger partial charge is 0.369 e. The lowest BCUT2D eigenvalue weighted by molar-refractivity contribution is -0.125. The third kappa shape index (κ3) is 6.07. The van der Waals surface area contributed by atoms with Crippen molar-refractivity contribution < 1.29 is 18.8 Å². The maximum atomic E-state index is 14.7. The molecule has 1 atom stereocenters. The molecule has 0 saturated carbocycles. The molecule has 180 valence electrons. The van der Waals surface area contributed by atoms with E-state index in [9.17, 15) is 18.8 Å². The fourth-order valence-corrected chi connectivity index (χ4v) is 3.87. The van der Waals surface area contributed by atoms with Gasteiger partial charge in [-0.25, -0.2) is 4.39 Å². The first-order valence-electron chi connectivity index (χ1n) is 10.9. The van der Waals surface area contributed by atoms with Gasteiger partial charge in [0.1, 0.15) is 5.82 Å². The molecule has 0 aromatic heterocycles. The number of nitrogens with zero attached hydrogens (tertiary/aromatic N) is 1. The van der Waals surface area contributed by atoms with Crippen LogP contribution in [0.1, 0.15) is 55.1 Å². The number of primary amides is 2. The zero-order valence-corrected chi connectivity index (χ0v) is 20.3. The molecule has 1 aromatic carbocycles. The van der Waals surface area contributed by atoms with E-state index in [0.717, 1.165) is 6.07 Å². The molecule has 0 fully saturated rings. The van der Waals surface area contributed by atoms with Crippen LogP contribution >= 0.6 is 0 Å². The van der Waals surface area contributed by atoms with Gasteiger partial charge in [-0.05, 0) is 74.7 Å². The SMILES string of the molecule is Cc1c(F)cc(C(N)=O)cc1C1=CC=C(C(=O)NCC(C)(C)C)CC1(CCN(C)C)C(N)=O. The Kier molecular flexibility index (Phi) is 7.85. The predicted molar refractivity (Wildman–Crippen MR) is 128 cm³/mol. The number of nitrogens with two attached hydrogens (primary N) is 2. The minimum atomic E-state index is -1.26. The number of carbonyl (C=O) groups is 3. The number of benzene rings is 1.